The van der Waals surface area contributed by atoms with Crippen molar-refractivity contribution >= 4 is 17.6 Å². The molecule has 3 aromatic rings. The van der Waals surface area contributed by atoms with Crippen LogP contribution in [-0.4, -0.2) is 35.1 Å². The molecular formula is C23H24N4O2S. The standard InChI is InChI=1S/C23H24N4O2S/c1-2-6-19(7-3-1)26-23-27(25-15-17-5-4-10-24-14-17)20(16-30-23)18-8-9-21-22(13-18)29-12-11-28-21/h4-5,8-10,13-16,19H,1-3,6-7,11-12H2. The van der Waals surface area contributed by atoms with Crippen LogP contribution in [0, 0.1) is 0 Å². The summed E-state index contributed by atoms with van der Waals surface area (Å²) in [5.74, 6) is 1.57. The largest absolute Gasteiger partial charge is 0.486 e. The minimum Gasteiger partial charge on any atom is -0.486 e. The molecule has 6 nitrogen and oxygen atoms in total. The molecule has 0 N–H and O–H groups in total. The van der Waals surface area contributed by atoms with E-state index < -0.39 is 0 Å². The second-order valence-corrected chi connectivity index (χ2v) is 8.36. The van der Waals surface area contributed by atoms with Crippen LogP contribution >= 0.6 is 11.3 Å². The second-order valence-electron chi connectivity index (χ2n) is 7.53. The van der Waals surface area contributed by atoms with E-state index in [4.69, 9.17) is 19.6 Å². The van der Waals surface area contributed by atoms with Gasteiger partial charge >= 0.3 is 0 Å². The summed E-state index contributed by atoms with van der Waals surface area (Å²) in [6.07, 6.45) is 11.5. The normalized spacial score (nSPS) is 17.5. The van der Waals surface area contributed by atoms with Crippen molar-refractivity contribution in [2.45, 2.75) is 38.1 Å². The van der Waals surface area contributed by atoms with Gasteiger partial charge in [-0.25, -0.2) is 4.68 Å². The molecule has 0 atom stereocenters. The van der Waals surface area contributed by atoms with Gasteiger partial charge in [0.2, 0.25) is 4.80 Å². The van der Waals surface area contributed by atoms with Crippen LogP contribution in [0.2, 0.25) is 0 Å². The lowest BCUT2D eigenvalue weighted by Gasteiger charge is -2.19. The molecule has 3 heterocycles. The van der Waals surface area contributed by atoms with Crippen LogP contribution in [0.5, 0.6) is 11.5 Å². The molecule has 0 bridgehead atoms. The van der Waals surface area contributed by atoms with E-state index in [0.29, 0.717) is 19.3 Å². The number of aromatic nitrogens is 2. The first-order valence-electron chi connectivity index (χ1n) is 10.5. The van der Waals surface area contributed by atoms with E-state index in [1.165, 1.54) is 19.3 Å². The fraction of sp³-hybridized carbons (Fsp3) is 0.348. The van der Waals surface area contributed by atoms with Crippen molar-refractivity contribution < 1.29 is 9.47 Å². The van der Waals surface area contributed by atoms with Crippen LogP contribution < -0.4 is 14.3 Å². The quantitative estimate of drug-likeness (QED) is 0.584. The summed E-state index contributed by atoms with van der Waals surface area (Å²) in [6.45, 7) is 1.16. The zero-order valence-electron chi connectivity index (χ0n) is 16.7. The number of hydrogen-bond acceptors (Lipinski definition) is 6. The molecule has 1 aliphatic carbocycles. The van der Waals surface area contributed by atoms with Crippen LogP contribution in [-0.2, 0) is 0 Å². The first-order valence-corrected chi connectivity index (χ1v) is 11.3. The average Bonchev–Trinajstić information content (AvgIpc) is 3.21. The minimum atomic E-state index is 0.380. The predicted molar refractivity (Wildman–Crippen MR) is 118 cm³/mol. The number of thiazole rings is 1. The van der Waals surface area contributed by atoms with Gasteiger partial charge in [0.15, 0.2) is 11.5 Å². The van der Waals surface area contributed by atoms with Crippen LogP contribution in [0.15, 0.2) is 58.2 Å². The van der Waals surface area contributed by atoms with E-state index >= 15 is 0 Å². The van der Waals surface area contributed by atoms with E-state index in [1.807, 2.05) is 35.2 Å². The molecule has 2 aromatic heterocycles. The van der Waals surface area contributed by atoms with E-state index in [1.54, 1.807) is 23.7 Å². The molecule has 0 saturated heterocycles. The molecule has 5 rings (SSSR count). The molecule has 1 aromatic carbocycles. The number of hydrogen-bond donors (Lipinski definition) is 0. The molecule has 1 aliphatic heterocycles. The minimum absolute atomic E-state index is 0.380. The van der Waals surface area contributed by atoms with Crippen LogP contribution in [0.25, 0.3) is 11.3 Å². The molecule has 7 heteroatoms. The van der Waals surface area contributed by atoms with Crippen molar-refractivity contribution in [2.75, 3.05) is 13.2 Å². The number of ether oxygens (including phenoxy) is 2. The number of fused-ring (bicyclic) bond motifs is 1. The van der Waals surface area contributed by atoms with Gasteiger partial charge in [-0.2, -0.15) is 5.10 Å². The number of pyridine rings is 1. The Balaban J connectivity index is 1.56. The van der Waals surface area contributed by atoms with Crippen molar-refractivity contribution in [3.8, 4) is 22.8 Å². The Kier molecular flexibility index (Phi) is 5.61. The lowest BCUT2D eigenvalue weighted by Crippen LogP contribution is -2.19. The molecule has 0 spiro atoms. The summed E-state index contributed by atoms with van der Waals surface area (Å²) in [5.41, 5.74) is 2.98. The van der Waals surface area contributed by atoms with Crippen LogP contribution in [0.1, 0.15) is 37.7 Å². The Labute approximate surface area is 179 Å². The summed E-state index contributed by atoms with van der Waals surface area (Å²) in [5, 5.41) is 6.91. The van der Waals surface area contributed by atoms with E-state index in [2.05, 4.69) is 16.4 Å². The van der Waals surface area contributed by atoms with E-state index in [9.17, 15) is 0 Å². The molecular weight excluding hydrogens is 396 g/mol. The highest BCUT2D eigenvalue weighted by molar-refractivity contribution is 7.07. The van der Waals surface area contributed by atoms with Crippen molar-refractivity contribution in [2.24, 2.45) is 10.1 Å². The summed E-state index contributed by atoms with van der Waals surface area (Å²) in [4.78, 5) is 10.2. The van der Waals surface area contributed by atoms with Gasteiger partial charge in [-0.05, 0) is 37.1 Å². The smallest absolute Gasteiger partial charge is 0.206 e. The summed E-state index contributed by atoms with van der Waals surface area (Å²) < 4.78 is 13.4. The van der Waals surface area contributed by atoms with Gasteiger partial charge in [0.05, 0.1) is 18.0 Å². The predicted octanol–water partition coefficient (Wildman–Crippen LogP) is 4.50. The number of benzene rings is 1. The van der Waals surface area contributed by atoms with E-state index in [-0.39, 0.29) is 0 Å². The van der Waals surface area contributed by atoms with Gasteiger partial charge in [-0.1, -0.05) is 25.3 Å². The van der Waals surface area contributed by atoms with Gasteiger partial charge in [0, 0.05) is 28.9 Å². The summed E-state index contributed by atoms with van der Waals surface area (Å²) >= 11 is 1.63. The van der Waals surface area contributed by atoms with Crippen LogP contribution in [0.3, 0.4) is 0 Å². The molecule has 154 valence electrons. The van der Waals surface area contributed by atoms with Gasteiger partial charge in [-0.15, -0.1) is 11.3 Å². The third-order valence-electron chi connectivity index (χ3n) is 5.40. The van der Waals surface area contributed by atoms with Gasteiger partial charge < -0.3 is 9.47 Å². The Bertz CT molecular complexity index is 1100. The highest BCUT2D eigenvalue weighted by atomic mass is 32.1. The molecule has 1 fully saturated rings. The van der Waals surface area contributed by atoms with Crippen molar-refractivity contribution in [1.29, 1.82) is 0 Å². The van der Waals surface area contributed by atoms with Crippen molar-refractivity contribution in [3.63, 3.8) is 0 Å². The number of rotatable bonds is 4. The molecule has 0 radical (unpaired) electrons. The maximum absolute atomic E-state index is 5.78. The van der Waals surface area contributed by atoms with Gasteiger partial charge in [-0.3, -0.25) is 9.98 Å². The highest BCUT2D eigenvalue weighted by Gasteiger charge is 2.16. The fourth-order valence-electron chi connectivity index (χ4n) is 3.84. The number of nitrogens with zero attached hydrogens (tertiary/aromatic N) is 4. The zero-order chi connectivity index (χ0) is 20.2. The molecule has 0 amide bonds. The average molecular weight is 421 g/mol. The first kappa shape index (κ1) is 19.1. The summed E-state index contributed by atoms with van der Waals surface area (Å²) in [6, 6.07) is 10.3. The highest BCUT2D eigenvalue weighted by Crippen LogP contribution is 2.34. The Morgan fingerprint density at radius 3 is 2.77 bits per heavy atom. The van der Waals surface area contributed by atoms with E-state index in [0.717, 1.165) is 46.0 Å². The Morgan fingerprint density at radius 2 is 1.93 bits per heavy atom. The zero-order valence-corrected chi connectivity index (χ0v) is 17.6. The van der Waals surface area contributed by atoms with Gasteiger partial charge in [0.25, 0.3) is 0 Å². The maximum Gasteiger partial charge on any atom is 0.206 e. The third kappa shape index (κ3) is 4.16. The lowest BCUT2D eigenvalue weighted by molar-refractivity contribution is 0.171. The SMILES string of the molecule is C(=Nn1c(-c2ccc3c(c2)OCCO3)csc1=NC1CCCCC1)c1cccnc1. The Morgan fingerprint density at radius 1 is 1.07 bits per heavy atom. The molecule has 0 unspecified atom stereocenters. The topological polar surface area (TPSA) is 61.0 Å². The molecule has 1 saturated carbocycles. The summed E-state index contributed by atoms with van der Waals surface area (Å²) in [7, 11) is 0. The first-order chi connectivity index (χ1) is 14.9. The van der Waals surface area contributed by atoms with Crippen LogP contribution in [0.4, 0.5) is 0 Å². The second kappa shape index (κ2) is 8.83. The Hall–Kier alpha value is -2.93. The molecule has 2 aliphatic rings. The van der Waals surface area contributed by atoms with Gasteiger partial charge in [0.1, 0.15) is 13.2 Å². The third-order valence-corrected chi connectivity index (χ3v) is 6.23. The monoisotopic (exact) mass is 420 g/mol. The maximum atomic E-state index is 5.78. The van der Waals surface area contributed by atoms with Crippen molar-refractivity contribution in [3.05, 3.63) is 58.5 Å². The van der Waals surface area contributed by atoms with Crippen molar-refractivity contribution in [1.82, 2.24) is 9.66 Å². The fourth-order valence-corrected chi connectivity index (χ4v) is 4.75. The lowest BCUT2D eigenvalue weighted by atomic mass is 9.96. The molecule has 30 heavy (non-hydrogen) atoms.